The lowest BCUT2D eigenvalue weighted by atomic mass is 10.1. The molecule has 1 aromatic heterocycles. The van der Waals surface area contributed by atoms with Crippen molar-refractivity contribution < 1.29 is 36.2 Å². The number of carbonyl (C=O) groups excluding carboxylic acids is 1. The van der Waals surface area contributed by atoms with Gasteiger partial charge in [0.05, 0.1) is 24.6 Å². The molecular formula is C12H11ClF5NO3. The van der Waals surface area contributed by atoms with Crippen LogP contribution < -0.4 is 4.74 Å². The van der Waals surface area contributed by atoms with Crippen LogP contribution in [0.2, 0.25) is 0 Å². The number of pyridine rings is 1. The Morgan fingerprint density at radius 3 is 2.50 bits per heavy atom. The van der Waals surface area contributed by atoms with E-state index in [4.69, 9.17) is 11.6 Å². The summed E-state index contributed by atoms with van der Waals surface area (Å²) >= 11 is 5.42. The van der Waals surface area contributed by atoms with Gasteiger partial charge in [0.2, 0.25) is 5.88 Å². The second kappa shape index (κ2) is 7.57. The Morgan fingerprint density at radius 2 is 2.05 bits per heavy atom. The molecule has 0 aliphatic carbocycles. The van der Waals surface area contributed by atoms with Gasteiger partial charge in [0, 0.05) is 11.1 Å². The van der Waals surface area contributed by atoms with Gasteiger partial charge in [-0.25, -0.2) is 13.8 Å². The van der Waals surface area contributed by atoms with Gasteiger partial charge >= 0.3 is 12.3 Å². The fourth-order valence-electron chi connectivity index (χ4n) is 1.61. The first-order chi connectivity index (χ1) is 10.2. The molecule has 124 valence electrons. The number of ether oxygens (including phenoxy) is 2. The van der Waals surface area contributed by atoms with E-state index < -0.39 is 48.1 Å². The van der Waals surface area contributed by atoms with Crippen LogP contribution in [-0.4, -0.2) is 23.9 Å². The monoisotopic (exact) mass is 347 g/mol. The number of nitrogens with zero attached hydrogens (tertiary/aromatic N) is 1. The quantitative estimate of drug-likeness (QED) is 0.446. The first-order valence-corrected chi connectivity index (χ1v) is 6.49. The van der Waals surface area contributed by atoms with Crippen LogP contribution >= 0.6 is 11.6 Å². The number of halogens is 6. The summed E-state index contributed by atoms with van der Waals surface area (Å²) in [6, 6.07) is 0.829. The standard InChI is InChI=1S/C12H11ClF5NO3/c1-2-21-9(20)4-8-7(10(14)15)3-6(5-13)19-11(8)22-12(16,17)18/h3,10H,2,4-5H2,1H3. The third kappa shape index (κ3) is 5.28. The smallest absolute Gasteiger partial charge is 0.466 e. The molecular weight excluding hydrogens is 337 g/mol. The van der Waals surface area contributed by atoms with Gasteiger partial charge in [-0.05, 0) is 13.0 Å². The molecule has 0 aromatic carbocycles. The van der Waals surface area contributed by atoms with Crippen LogP contribution in [0.4, 0.5) is 22.0 Å². The summed E-state index contributed by atoms with van der Waals surface area (Å²) in [6.45, 7) is 1.42. The van der Waals surface area contributed by atoms with Gasteiger partial charge in [-0.1, -0.05) is 0 Å². The summed E-state index contributed by atoms with van der Waals surface area (Å²) in [5.41, 5.74) is -1.72. The highest BCUT2D eigenvalue weighted by atomic mass is 35.5. The Hall–Kier alpha value is -1.64. The number of hydrogen-bond acceptors (Lipinski definition) is 4. The Kier molecular flexibility index (Phi) is 6.34. The van der Waals surface area contributed by atoms with E-state index in [0.29, 0.717) is 0 Å². The predicted molar refractivity (Wildman–Crippen MR) is 65.8 cm³/mol. The summed E-state index contributed by atoms with van der Waals surface area (Å²) in [7, 11) is 0. The summed E-state index contributed by atoms with van der Waals surface area (Å²) in [5.74, 6) is -2.50. The molecule has 10 heteroatoms. The van der Waals surface area contributed by atoms with E-state index in [1.54, 1.807) is 0 Å². The lowest BCUT2D eigenvalue weighted by Crippen LogP contribution is -2.21. The first-order valence-electron chi connectivity index (χ1n) is 5.96. The average Bonchev–Trinajstić information content (AvgIpc) is 2.38. The van der Waals surface area contributed by atoms with Crippen LogP contribution in [0.1, 0.15) is 30.2 Å². The molecule has 0 fully saturated rings. The minimum atomic E-state index is -5.15. The van der Waals surface area contributed by atoms with Crippen molar-refractivity contribution in [1.29, 1.82) is 0 Å². The van der Waals surface area contributed by atoms with Crippen LogP contribution in [0.15, 0.2) is 6.07 Å². The van der Waals surface area contributed by atoms with E-state index in [-0.39, 0.29) is 12.3 Å². The van der Waals surface area contributed by atoms with Crippen molar-refractivity contribution in [2.45, 2.75) is 32.0 Å². The maximum atomic E-state index is 13.0. The van der Waals surface area contributed by atoms with Crippen molar-refractivity contribution in [3.63, 3.8) is 0 Å². The molecule has 0 N–H and O–H groups in total. The van der Waals surface area contributed by atoms with Gasteiger partial charge in [0.1, 0.15) is 0 Å². The molecule has 0 spiro atoms. The number of rotatable bonds is 6. The lowest BCUT2D eigenvalue weighted by Gasteiger charge is -2.16. The highest BCUT2D eigenvalue weighted by Gasteiger charge is 2.35. The van der Waals surface area contributed by atoms with Crippen molar-refractivity contribution in [2.24, 2.45) is 0 Å². The number of esters is 1. The molecule has 22 heavy (non-hydrogen) atoms. The summed E-state index contributed by atoms with van der Waals surface area (Å²) in [4.78, 5) is 14.8. The minimum Gasteiger partial charge on any atom is -0.466 e. The normalized spacial score (nSPS) is 11.6. The number of alkyl halides is 6. The number of carbonyl (C=O) groups is 1. The fraction of sp³-hybridized carbons (Fsp3) is 0.500. The molecule has 4 nitrogen and oxygen atoms in total. The van der Waals surface area contributed by atoms with E-state index in [2.05, 4.69) is 14.5 Å². The molecule has 0 unspecified atom stereocenters. The van der Waals surface area contributed by atoms with Gasteiger partial charge in [-0.3, -0.25) is 4.79 Å². The molecule has 0 aliphatic rings. The SMILES string of the molecule is CCOC(=O)Cc1c(C(F)F)cc(CCl)nc1OC(F)(F)F. The fourth-order valence-corrected chi connectivity index (χ4v) is 1.75. The first kappa shape index (κ1) is 18.4. The van der Waals surface area contributed by atoms with Crippen molar-refractivity contribution in [1.82, 2.24) is 4.98 Å². The maximum absolute atomic E-state index is 13.0. The second-order valence-electron chi connectivity index (χ2n) is 3.95. The number of hydrogen-bond donors (Lipinski definition) is 0. The van der Waals surface area contributed by atoms with Gasteiger partial charge < -0.3 is 9.47 Å². The average molecular weight is 348 g/mol. The van der Waals surface area contributed by atoms with E-state index >= 15 is 0 Å². The van der Waals surface area contributed by atoms with E-state index in [1.807, 2.05) is 0 Å². The Morgan fingerprint density at radius 1 is 1.41 bits per heavy atom. The Bertz CT molecular complexity index is 536. The molecule has 0 radical (unpaired) electrons. The molecule has 0 saturated heterocycles. The van der Waals surface area contributed by atoms with Crippen LogP contribution in [0.25, 0.3) is 0 Å². The third-order valence-electron chi connectivity index (χ3n) is 2.38. The van der Waals surface area contributed by atoms with Crippen molar-refractivity contribution >= 4 is 17.6 Å². The van der Waals surface area contributed by atoms with Gasteiger partial charge in [0.25, 0.3) is 6.43 Å². The van der Waals surface area contributed by atoms with Crippen molar-refractivity contribution in [2.75, 3.05) is 6.61 Å². The zero-order valence-electron chi connectivity index (χ0n) is 11.2. The zero-order valence-corrected chi connectivity index (χ0v) is 12.0. The second-order valence-corrected chi connectivity index (χ2v) is 4.22. The highest BCUT2D eigenvalue weighted by Crippen LogP contribution is 2.33. The summed E-state index contributed by atoms with van der Waals surface area (Å²) < 4.78 is 71.4. The molecule has 0 amide bonds. The largest absolute Gasteiger partial charge is 0.574 e. The minimum absolute atomic E-state index is 0.0501. The molecule has 0 aliphatic heterocycles. The van der Waals surface area contributed by atoms with Gasteiger partial charge in [-0.2, -0.15) is 0 Å². The Labute approximate surface area is 127 Å². The molecule has 1 aromatic rings. The van der Waals surface area contributed by atoms with Crippen LogP contribution in [0, 0.1) is 0 Å². The molecule has 0 saturated carbocycles. The summed E-state index contributed by atoms with van der Waals surface area (Å²) in [5, 5.41) is 0. The van der Waals surface area contributed by atoms with Crippen LogP contribution in [-0.2, 0) is 21.8 Å². The molecule has 0 atom stereocenters. The highest BCUT2D eigenvalue weighted by molar-refractivity contribution is 6.16. The van der Waals surface area contributed by atoms with E-state index in [1.165, 1.54) is 6.92 Å². The third-order valence-corrected chi connectivity index (χ3v) is 2.66. The predicted octanol–water partition coefficient (Wildman–Crippen LogP) is 3.76. The Balaban J connectivity index is 3.35. The number of aromatic nitrogens is 1. The molecule has 1 rings (SSSR count). The maximum Gasteiger partial charge on any atom is 0.574 e. The molecule has 0 bridgehead atoms. The zero-order chi connectivity index (χ0) is 16.9. The van der Waals surface area contributed by atoms with Crippen molar-refractivity contribution in [3.8, 4) is 5.88 Å². The topological polar surface area (TPSA) is 48.4 Å². The van der Waals surface area contributed by atoms with E-state index in [0.717, 1.165) is 6.07 Å². The van der Waals surface area contributed by atoms with Crippen molar-refractivity contribution in [3.05, 3.63) is 22.9 Å². The van der Waals surface area contributed by atoms with E-state index in [9.17, 15) is 26.7 Å². The lowest BCUT2D eigenvalue weighted by molar-refractivity contribution is -0.276. The molecule has 1 heterocycles. The summed E-state index contributed by atoms with van der Waals surface area (Å²) in [6.07, 6.45) is -9.11. The van der Waals surface area contributed by atoms with Gasteiger partial charge in [0.15, 0.2) is 0 Å². The van der Waals surface area contributed by atoms with Gasteiger partial charge in [-0.15, -0.1) is 24.8 Å². The van der Waals surface area contributed by atoms with Crippen LogP contribution in [0.5, 0.6) is 5.88 Å². The van der Waals surface area contributed by atoms with Crippen LogP contribution in [0.3, 0.4) is 0 Å².